The fourth-order valence-electron chi connectivity index (χ4n) is 2.11. The molecule has 8 heteroatoms. The van der Waals surface area contributed by atoms with Crippen LogP contribution >= 0.6 is 0 Å². The highest BCUT2D eigenvalue weighted by atomic mass is 16.7. The third-order valence-electron chi connectivity index (χ3n) is 2.78. The maximum atomic E-state index is 11.3. The van der Waals surface area contributed by atoms with Crippen LogP contribution in [0.3, 0.4) is 0 Å². The summed E-state index contributed by atoms with van der Waals surface area (Å²) >= 11 is 0. The summed E-state index contributed by atoms with van der Waals surface area (Å²) in [5, 5.41) is 12.4. The van der Waals surface area contributed by atoms with Gasteiger partial charge in [0, 0.05) is 20.8 Å². The molecule has 1 saturated heterocycles. The first kappa shape index (κ1) is 16.4. The van der Waals surface area contributed by atoms with Gasteiger partial charge in [-0.1, -0.05) is 0 Å². The molecule has 0 bridgehead atoms. The summed E-state index contributed by atoms with van der Waals surface area (Å²) in [6, 6.07) is -0.890. The zero-order chi connectivity index (χ0) is 15.4. The van der Waals surface area contributed by atoms with Crippen LogP contribution in [0.15, 0.2) is 0 Å². The topological polar surface area (TPSA) is 111 Å². The molecule has 5 atom stereocenters. The third kappa shape index (κ3) is 4.17. The first-order chi connectivity index (χ1) is 9.22. The first-order valence-corrected chi connectivity index (χ1v) is 6.17. The van der Waals surface area contributed by atoms with Crippen LogP contribution in [0.1, 0.15) is 27.7 Å². The fourth-order valence-corrected chi connectivity index (χ4v) is 2.11. The highest BCUT2D eigenvalue weighted by Crippen LogP contribution is 2.25. The van der Waals surface area contributed by atoms with Gasteiger partial charge >= 0.3 is 11.9 Å². The molecule has 0 aliphatic carbocycles. The number of aliphatic hydroxyl groups excluding tert-OH is 1. The van der Waals surface area contributed by atoms with Gasteiger partial charge in [0.15, 0.2) is 18.5 Å². The van der Waals surface area contributed by atoms with Gasteiger partial charge in [-0.15, -0.1) is 0 Å². The Kier molecular flexibility index (Phi) is 5.46. The lowest BCUT2D eigenvalue weighted by Gasteiger charge is -2.42. The number of carbonyl (C=O) groups is 3. The Morgan fingerprint density at radius 2 is 1.55 bits per heavy atom. The molecule has 1 fully saturated rings. The van der Waals surface area contributed by atoms with Gasteiger partial charge in [-0.2, -0.15) is 0 Å². The van der Waals surface area contributed by atoms with Gasteiger partial charge in [-0.05, 0) is 6.92 Å². The normalized spacial score (nSPS) is 33.1. The summed E-state index contributed by atoms with van der Waals surface area (Å²) in [6.45, 7) is 5.22. The molecular formula is C12H19NO7. The third-order valence-corrected chi connectivity index (χ3v) is 2.78. The van der Waals surface area contributed by atoms with E-state index < -0.39 is 48.5 Å². The number of aliphatic hydroxyl groups is 1. The minimum atomic E-state index is -1.42. The van der Waals surface area contributed by atoms with E-state index in [-0.39, 0.29) is 0 Å². The smallest absolute Gasteiger partial charge is 0.303 e. The number of rotatable bonds is 3. The van der Waals surface area contributed by atoms with Crippen molar-refractivity contribution in [2.24, 2.45) is 0 Å². The monoisotopic (exact) mass is 289 g/mol. The molecule has 0 aromatic carbocycles. The molecule has 114 valence electrons. The van der Waals surface area contributed by atoms with E-state index in [9.17, 15) is 19.5 Å². The largest absolute Gasteiger partial charge is 0.457 e. The number of carbonyl (C=O) groups excluding carboxylic acids is 3. The van der Waals surface area contributed by atoms with Crippen LogP contribution < -0.4 is 5.32 Å². The molecule has 1 heterocycles. The summed E-state index contributed by atoms with van der Waals surface area (Å²) in [4.78, 5) is 33.5. The summed E-state index contributed by atoms with van der Waals surface area (Å²) in [5.74, 6) is -1.63. The van der Waals surface area contributed by atoms with Gasteiger partial charge in [-0.3, -0.25) is 14.4 Å². The second kappa shape index (κ2) is 6.67. The summed E-state index contributed by atoms with van der Waals surface area (Å²) in [6.07, 6.45) is -4.11. The summed E-state index contributed by atoms with van der Waals surface area (Å²) < 4.78 is 15.2. The molecule has 2 N–H and O–H groups in total. The lowest BCUT2D eigenvalue weighted by molar-refractivity contribution is -0.261. The van der Waals surface area contributed by atoms with E-state index in [0.29, 0.717) is 0 Å². The Labute approximate surface area is 116 Å². The molecule has 1 aliphatic heterocycles. The average Bonchev–Trinajstić information content (AvgIpc) is 2.27. The van der Waals surface area contributed by atoms with E-state index >= 15 is 0 Å². The predicted octanol–water partition coefficient (Wildman–Crippen LogP) is -0.908. The molecule has 1 amide bonds. The molecule has 1 rings (SSSR count). The Balaban J connectivity index is 3.01. The van der Waals surface area contributed by atoms with Gasteiger partial charge in [-0.25, -0.2) is 0 Å². The van der Waals surface area contributed by atoms with Crippen LogP contribution in [-0.2, 0) is 28.6 Å². The quantitative estimate of drug-likeness (QED) is 0.647. The molecule has 0 unspecified atom stereocenters. The van der Waals surface area contributed by atoms with Gasteiger partial charge in [0.2, 0.25) is 5.91 Å². The second-order valence-corrected chi connectivity index (χ2v) is 4.61. The van der Waals surface area contributed by atoms with Crippen molar-refractivity contribution in [1.82, 2.24) is 5.32 Å². The summed E-state index contributed by atoms with van der Waals surface area (Å²) in [7, 11) is 0. The van der Waals surface area contributed by atoms with Crippen LogP contribution in [0.4, 0.5) is 0 Å². The minimum absolute atomic E-state index is 0.411. The predicted molar refractivity (Wildman–Crippen MR) is 65.3 cm³/mol. The zero-order valence-electron chi connectivity index (χ0n) is 11.8. The minimum Gasteiger partial charge on any atom is -0.457 e. The lowest BCUT2D eigenvalue weighted by Crippen LogP contribution is -2.65. The Hall–Kier alpha value is -1.67. The van der Waals surface area contributed by atoms with E-state index in [1.165, 1.54) is 13.8 Å². The van der Waals surface area contributed by atoms with Crippen molar-refractivity contribution in [2.45, 2.75) is 58.3 Å². The van der Waals surface area contributed by atoms with Gasteiger partial charge < -0.3 is 24.6 Å². The van der Waals surface area contributed by atoms with Crippen LogP contribution in [0.2, 0.25) is 0 Å². The molecule has 0 spiro atoms. The van der Waals surface area contributed by atoms with Crippen molar-refractivity contribution in [2.75, 3.05) is 0 Å². The van der Waals surface area contributed by atoms with E-state index in [4.69, 9.17) is 14.2 Å². The number of amides is 1. The molecule has 8 nitrogen and oxygen atoms in total. The van der Waals surface area contributed by atoms with Crippen LogP contribution in [0.25, 0.3) is 0 Å². The van der Waals surface area contributed by atoms with E-state index in [2.05, 4.69) is 5.32 Å². The highest BCUT2D eigenvalue weighted by molar-refractivity contribution is 5.74. The van der Waals surface area contributed by atoms with E-state index in [1.54, 1.807) is 6.92 Å². The highest BCUT2D eigenvalue weighted by Gasteiger charge is 2.48. The molecule has 0 radical (unpaired) electrons. The van der Waals surface area contributed by atoms with Crippen molar-refractivity contribution in [3.8, 4) is 0 Å². The molecular weight excluding hydrogens is 270 g/mol. The van der Waals surface area contributed by atoms with Crippen LogP contribution in [0, 0.1) is 0 Å². The maximum absolute atomic E-state index is 11.3. The van der Waals surface area contributed by atoms with Crippen molar-refractivity contribution in [1.29, 1.82) is 0 Å². The number of nitrogens with one attached hydrogen (secondary N) is 1. The SMILES string of the molecule is CC(=O)N[C@@H]1[C@@H](OC(C)=O)[C@H](C)O[C@H](O)[C@H]1OC(C)=O. The van der Waals surface area contributed by atoms with Crippen LogP contribution in [0.5, 0.6) is 0 Å². The lowest BCUT2D eigenvalue weighted by atomic mass is 9.96. The van der Waals surface area contributed by atoms with Crippen molar-refractivity contribution in [3.63, 3.8) is 0 Å². The van der Waals surface area contributed by atoms with Gasteiger partial charge in [0.25, 0.3) is 0 Å². The molecule has 1 aliphatic rings. The molecule has 20 heavy (non-hydrogen) atoms. The Bertz CT molecular complexity index is 369. The van der Waals surface area contributed by atoms with Crippen molar-refractivity contribution in [3.05, 3.63) is 0 Å². The molecule has 0 aromatic heterocycles. The first-order valence-electron chi connectivity index (χ1n) is 6.17. The molecule has 0 saturated carbocycles. The number of esters is 2. The van der Waals surface area contributed by atoms with E-state index in [1.807, 2.05) is 0 Å². The zero-order valence-corrected chi connectivity index (χ0v) is 11.8. The number of ether oxygens (including phenoxy) is 3. The average molecular weight is 289 g/mol. The van der Waals surface area contributed by atoms with Crippen molar-refractivity contribution >= 4 is 17.8 Å². The maximum Gasteiger partial charge on any atom is 0.303 e. The van der Waals surface area contributed by atoms with Crippen LogP contribution in [-0.4, -0.2) is 53.6 Å². The molecule has 0 aromatic rings. The Morgan fingerprint density at radius 3 is 2.00 bits per heavy atom. The van der Waals surface area contributed by atoms with E-state index in [0.717, 1.165) is 6.92 Å². The summed E-state index contributed by atoms with van der Waals surface area (Å²) in [5.41, 5.74) is 0. The second-order valence-electron chi connectivity index (χ2n) is 4.61. The number of hydrogen-bond donors (Lipinski definition) is 2. The van der Waals surface area contributed by atoms with Gasteiger partial charge in [0.1, 0.15) is 6.04 Å². The number of hydrogen-bond acceptors (Lipinski definition) is 7. The standard InChI is InChI=1S/C12H19NO7/c1-5-10(19-7(3)15)9(13-6(2)14)11(12(17)18-5)20-8(4)16/h5,9-12,17H,1-4H3,(H,13,14)/t5-,9+,10-,11-,12-/m0/s1. The fraction of sp³-hybridized carbons (Fsp3) is 0.750. The van der Waals surface area contributed by atoms with Crippen molar-refractivity contribution < 1.29 is 33.7 Å². The Morgan fingerprint density at radius 1 is 1.05 bits per heavy atom. The van der Waals surface area contributed by atoms with Gasteiger partial charge in [0.05, 0.1) is 6.10 Å².